The summed E-state index contributed by atoms with van der Waals surface area (Å²) >= 11 is 13.0. The van der Waals surface area contributed by atoms with Crippen LogP contribution < -0.4 is 0 Å². The van der Waals surface area contributed by atoms with Gasteiger partial charge in [-0.2, -0.15) is 0 Å². The lowest BCUT2D eigenvalue weighted by Crippen LogP contribution is -1.93. The molecule has 7 heteroatoms. The van der Waals surface area contributed by atoms with Gasteiger partial charge in [-0.05, 0) is 45.4 Å². The summed E-state index contributed by atoms with van der Waals surface area (Å²) in [7, 11) is 0. The Labute approximate surface area is 118 Å². The van der Waals surface area contributed by atoms with Crippen LogP contribution in [-0.4, -0.2) is 15.0 Å². The molecule has 0 spiro atoms. The Morgan fingerprint density at radius 1 is 1.47 bits per heavy atom. The molecule has 0 N–H and O–H groups in total. The summed E-state index contributed by atoms with van der Waals surface area (Å²) in [6, 6.07) is 0. The zero-order chi connectivity index (χ0) is 11.0. The molecule has 2 rings (SSSR count). The van der Waals surface area contributed by atoms with Gasteiger partial charge in [0, 0.05) is 0 Å². The molecule has 15 heavy (non-hydrogen) atoms. The minimum Gasteiger partial charge on any atom is -0.240 e. The molecule has 0 saturated carbocycles. The van der Waals surface area contributed by atoms with E-state index in [0.29, 0.717) is 11.0 Å². The Kier molecular flexibility index (Phi) is 3.59. The first-order valence-electron chi connectivity index (χ1n) is 3.89. The van der Waals surface area contributed by atoms with E-state index in [0.717, 1.165) is 18.1 Å². The molecule has 0 aliphatic heterocycles. The molecule has 0 amide bonds. The number of hydrogen-bond donors (Lipinski definition) is 0. The van der Waals surface area contributed by atoms with E-state index in [9.17, 15) is 0 Å². The Morgan fingerprint density at radius 3 is 2.73 bits per heavy atom. The van der Waals surface area contributed by atoms with Crippen LogP contribution in [0.3, 0.4) is 0 Å². The quantitative estimate of drug-likeness (QED) is 0.522. The number of nitrogens with zero attached hydrogens (tertiary/aromatic N) is 3. The van der Waals surface area contributed by atoms with Crippen molar-refractivity contribution in [1.82, 2.24) is 15.0 Å². The summed E-state index contributed by atoms with van der Waals surface area (Å²) in [5.41, 5.74) is 0.815. The van der Waals surface area contributed by atoms with Crippen LogP contribution in [0.4, 0.5) is 0 Å². The average molecular weight is 416 g/mol. The van der Waals surface area contributed by atoms with Gasteiger partial charge >= 0.3 is 0 Å². The van der Waals surface area contributed by atoms with Gasteiger partial charge in [-0.3, -0.25) is 0 Å². The van der Waals surface area contributed by atoms with Crippen molar-refractivity contribution in [3.05, 3.63) is 24.4 Å². The van der Waals surface area contributed by atoms with Crippen LogP contribution in [0, 0.1) is 9.81 Å². The van der Waals surface area contributed by atoms with Crippen molar-refractivity contribution >= 4 is 61.5 Å². The van der Waals surface area contributed by atoms with Gasteiger partial charge in [-0.1, -0.05) is 11.6 Å². The normalized spacial score (nSPS) is 10.7. The minimum absolute atomic E-state index is 0.419. The monoisotopic (exact) mass is 415 g/mol. The smallest absolute Gasteiger partial charge is 0.190 e. The van der Waals surface area contributed by atoms with Crippen molar-refractivity contribution in [2.75, 3.05) is 0 Å². The molecule has 0 aliphatic rings. The fourth-order valence-corrected chi connectivity index (χ4v) is 2.71. The summed E-state index contributed by atoms with van der Waals surface area (Å²) in [6.07, 6.45) is 1.79. The molecule has 0 bridgehead atoms. The number of aromatic nitrogens is 3. The number of hydrogen-bond acceptors (Lipinski definition) is 4. The lowest BCUT2D eigenvalue weighted by Gasteiger charge is -2.01. The van der Waals surface area contributed by atoms with Gasteiger partial charge in [0.15, 0.2) is 10.8 Å². The minimum atomic E-state index is 0.419. The molecule has 0 fully saturated rings. The van der Waals surface area contributed by atoms with Crippen molar-refractivity contribution in [3.8, 4) is 10.8 Å². The molecular formula is C8H4BrClIN3S. The van der Waals surface area contributed by atoms with E-state index >= 15 is 0 Å². The maximum Gasteiger partial charge on any atom is 0.190 e. The first-order valence-corrected chi connectivity index (χ1v) is 6.96. The van der Waals surface area contributed by atoms with Crippen LogP contribution in [0.5, 0.6) is 0 Å². The van der Waals surface area contributed by atoms with E-state index in [1.807, 2.05) is 6.92 Å². The SMILES string of the molecule is Cc1nc(-c2ncc(I)s2)nc(Cl)c1Br. The molecule has 2 heterocycles. The molecule has 3 nitrogen and oxygen atoms in total. The molecule has 2 aromatic rings. The van der Waals surface area contributed by atoms with Gasteiger partial charge in [0.05, 0.1) is 19.2 Å². The summed E-state index contributed by atoms with van der Waals surface area (Å²) in [5.74, 6) is 0.577. The van der Waals surface area contributed by atoms with E-state index in [2.05, 4.69) is 53.5 Å². The predicted octanol–water partition coefficient (Wildman–Crippen LogP) is 3.93. The lowest BCUT2D eigenvalue weighted by molar-refractivity contribution is 1.09. The van der Waals surface area contributed by atoms with Crippen molar-refractivity contribution in [1.29, 1.82) is 0 Å². The Bertz CT molecular complexity index is 493. The standard InChI is InChI=1S/C8H4BrClIN3S/c1-3-5(9)6(10)14-7(13-3)8-12-2-4(11)15-8/h2H,1H3. The lowest BCUT2D eigenvalue weighted by atomic mass is 10.4. The van der Waals surface area contributed by atoms with Crippen LogP contribution in [0.1, 0.15) is 5.69 Å². The molecule has 78 valence electrons. The first-order chi connectivity index (χ1) is 7.08. The van der Waals surface area contributed by atoms with Crippen LogP contribution in [0.15, 0.2) is 10.7 Å². The number of rotatable bonds is 1. The van der Waals surface area contributed by atoms with E-state index in [-0.39, 0.29) is 0 Å². The largest absolute Gasteiger partial charge is 0.240 e. The fraction of sp³-hybridized carbons (Fsp3) is 0.125. The third-order valence-corrected chi connectivity index (χ3v) is 4.82. The number of halogens is 3. The van der Waals surface area contributed by atoms with Gasteiger partial charge in [0.2, 0.25) is 0 Å². The highest BCUT2D eigenvalue weighted by Crippen LogP contribution is 2.28. The third kappa shape index (κ3) is 2.48. The summed E-state index contributed by atoms with van der Waals surface area (Å²) in [6.45, 7) is 1.87. The predicted molar refractivity (Wildman–Crippen MR) is 73.3 cm³/mol. The zero-order valence-corrected chi connectivity index (χ0v) is 12.8. The maximum atomic E-state index is 5.95. The molecular weight excluding hydrogens is 412 g/mol. The van der Waals surface area contributed by atoms with Gasteiger partial charge in [0.25, 0.3) is 0 Å². The summed E-state index contributed by atoms with van der Waals surface area (Å²) < 4.78 is 1.84. The summed E-state index contributed by atoms with van der Waals surface area (Å²) in [5, 5.41) is 1.21. The average Bonchev–Trinajstić information content (AvgIpc) is 2.60. The van der Waals surface area contributed by atoms with Crippen molar-refractivity contribution in [3.63, 3.8) is 0 Å². The molecule has 0 atom stereocenters. The van der Waals surface area contributed by atoms with Crippen molar-refractivity contribution in [2.45, 2.75) is 6.92 Å². The van der Waals surface area contributed by atoms with Crippen molar-refractivity contribution < 1.29 is 0 Å². The van der Waals surface area contributed by atoms with Gasteiger partial charge < -0.3 is 0 Å². The van der Waals surface area contributed by atoms with Crippen LogP contribution in [0.2, 0.25) is 5.15 Å². The van der Waals surface area contributed by atoms with Crippen LogP contribution >= 0.6 is 61.5 Å². The Hall–Kier alpha value is 0.210. The fourth-order valence-electron chi connectivity index (χ4n) is 0.978. The third-order valence-electron chi connectivity index (χ3n) is 1.65. The van der Waals surface area contributed by atoms with Crippen LogP contribution in [0.25, 0.3) is 10.8 Å². The molecule has 0 radical (unpaired) electrons. The molecule has 0 saturated heterocycles. The number of aryl methyl sites for hydroxylation is 1. The highest BCUT2D eigenvalue weighted by molar-refractivity contribution is 14.1. The van der Waals surface area contributed by atoms with Crippen LogP contribution in [-0.2, 0) is 0 Å². The van der Waals surface area contributed by atoms with E-state index in [1.54, 1.807) is 17.5 Å². The van der Waals surface area contributed by atoms with Crippen molar-refractivity contribution in [2.24, 2.45) is 0 Å². The number of thiazole rings is 1. The second-order valence-electron chi connectivity index (χ2n) is 2.71. The van der Waals surface area contributed by atoms with Gasteiger partial charge in [0.1, 0.15) is 5.15 Å². The Morgan fingerprint density at radius 2 is 2.20 bits per heavy atom. The molecule has 0 unspecified atom stereocenters. The van der Waals surface area contributed by atoms with E-state index in [4.69, 9.17) is 11.6 Å². The summed E-state index contributed by atoms with van der Waals surface area (Å²) in [4.78, 5) is 12.7. The molecule has 2 aromatic heterocycles. The van der Waals surface area contributed by atoms with Gasteiger partial charge in [-0.15, -0.1) is 11.3 Å². The maximum absolute atomic E-state index is 5.95. The van der Waals surface area contributed by atoms with E-state index < -0.39 is 0 Å². The Balaban J connectivity index is 2.55. The zero-order valence-electron chi connectivity index (χ0n) is 7.46. The molecule has 0 aromatic carbocycles. The molecule has 0 aliphatic carbocycles. The van der Waals surface area contributed by atoms with E-state index in [1.165, 1.54) is 0 Å². The highest BCUT2D eigenvalue weighted by atomic mass is 127. The second-order valence-corrected chi connectivity index (χ2v) is 6.78. The second kappa shape index (κ2) is 4.60. The topological polar surface area (TPSA) is 38.7 Å². The van der Waals surface area contributed by atoms with Gasteiger partial charge in [-0.25, -0.2) is 15.0 Å². The highest BCUT2D eigenvalue weighted by Gasteiger charge is 2.11. The first kappa shape index (κ1) is 11.7.